The molecule has 0 N–H and O–H groups in total. The minimum absolute atomic E-state index is 0.0500. The van der Waals surface area contributed by atoms with Crippen LogP contribution >= 0.6 is 0 Å². The van der Waals surface area contributed by atoms with Gasteiger partial charge < -0.3 is 9.47 Å². The summed E-state index contributed by atoms with van der Waals surface area (Å²) >= 11 is 0. The van der Waals surface area contributed by atoms with Crippen molar-refractivity contribution in [1.82, 2.24) is 0 Å². The minimum Gasteiger partial charge on any atom is -0.490 e. The second-order valence-electron chi connectivity index (χ2n) is 9.42. The SMILES string of the molecule is CCCCOc1ccc(-c2ccc(OCC3CC=C(c4ccc(C)c(F)c4F)CC3)c(F)c2F)c(F)c1F. The Kier molecular flexibility index (Phi) is 8.69. The van der Waals surface area contributed by atoms with Crippen molar-refractivity contribution in [2.24, 2.45) is 5.92 Å². The number of aryl methyl sites for hydroxylation is 1. The van der Waals surface area contributed by atoms with E-state index in [9.17, 15) is 26.3 Å². The lowest BCUT2D eigenvalue weighted by molar-refractivity contribution is 0.228. The molecule has 8 heteroatoms. The summed E-state index contributed by atoms with van der Waals surface area (Å²) in [7, 11) is 0. The van der Waals surface area contributed by atoms with Gasteiger partial charge in [-0.2, -0.15) is 8.78 Å². The number of allylic oxidation sites excluding steroid dienone is 2. The molecule has 1 unspecified atom stereocenters. The molecule has 38 heavy (non-hydrogen) atoms. The molecule has 3 aromatic carbocycles. The van der Waals surface area contributed by atoms with Gasteiger partial charge in [0.2, 0.25) is 11.6 Å². The molecule has 0 fully saturated rings. The molecule has 2 nitrogen and oxygen atoms in total. The number of unbranched alkanes of at least 4 members (excludes halogenated alkanes) is 1. The number of halogens is 6. The van der Waals surface area contributed by atoms with E-state index in [1.54, 1.807) is 12.1 Å². The van der Waals surface area contributed by atoms with Gasteiger partial charge in [-0.15, -0.1) is 0 Å². The molecule has 0 aromatic heterocycles. The maximum atomic E-state index is 14.9. The van der Waals surface area contributed by atoms with Crippen LogP contribution in [0, 0.1) is 47.7 Å². The van der Waals surface area contributed by atoms with Crippen LogP contribution in [0.4, 0.5) is 26.3 Å². The van der Waals surface area contributed by atoms with Crippen LogP contribution in [0.5, 0.6) is 11.5 Å². The van der Waals surface area contributed by atoms with Gasteiger partial charge in [-0.1, -0.05) is 31.6 Å². The molecule has 1 aliphatic carbocycles. The Morgan fingerprint density at radius 1 is 0.711 bits per heavy atom. The van der Waals surface area contributed by atoms with Crippen LogP contribution in [0.1, 0.15) is 50.2 Å². The van der Waals surface area contributed by atoms with Gasteiger partial charge in [0.1, 0.15) is 0 Å². The van der Waals surface area contributed by atoms with Crippen LogP contribution < -0.4 is 9.47 Å². The average molecular weight is 535 g/mol. The van der Waals surface area contributed by atoms with E-state index in [1.807, 2.05) is 6.92 Å². The first-order valence-corrected chi connectivity index (χ1v) is 12.6. The Hall–Kier alpha value is -3.42. The first-order valence-electron chi connectivity index (χ1n) is 12.6. The van der Waals surface area contributed by atoms with Crippen molar-refractivity contribution in [3.05, 3.63) is 88.5 Å². The van der Waals surface area contributed by atoms with Crippen LogP contribution in [0.2, 0.25) is 0 Å². The van der Waals surface area contributed by atoms with Crippen molar-refractivity contribution < 1.29 is 35.8 Å². The molecular weight excluding hydrogens is 506 g/mol. The van der Waals surface area contributed by atoms with Crippen LogP contribution in [-0.4, -0.2) is 13.2 Å². The molecule has 3 aromatic rings. The quantitative estimate of drug-likeness (QED) is 0.202. The van der Waals surface area contributed by atoms with Gasteiger partial charge >= 0.3 is 0 Å². The van der Waals surface area contributed by atoms with E-state index < -0.39 is 46.0 Å². The zero-order valence-electron chi connectivity index (χ0n) is 21.2. The predicted molar refractivity (Wildman–Crippen MR) is 134 cm³/mol. The zero-order valence-corrected chi connectivity index (χ0v) is 21.2. The summed E-state index contributed by atoms with van der Waals surface area (Å²) in [6.07, 6.45) is 4.83. The summed E-state index contributed by atoms with van der Waals surface area (Å²) in [5.41, 5.74) is 0.271. The molecule has 0 saturated carbocycles. The summed E-state index contributed by atoms with van der Waals surface area (Å²) in [5, 5.41) is 0. The normalized spacial score (nSPS) is 15.4. The minimum atomic E-state index is -1.36. The van der Waals surface area contributed by atoms with Gasteiger partial charge in [-0.3, -0.25) is 0 Å². The van der Waals surface area contributed by atoms with Crippen molar-refractivity contribution in [3.8, 4) is 22.6 Å². The third kappa shape index (κ3) is 5.69. The number of rotatable bonds is 9. The molecule has 1 atom stereocenters. The molecule has 0 aliphatic heterocycles. The highest BCUT2D eigenvalue weighted by Gasteiger charge is 2.24. The summed E-state index contributed by atoms with van der Waals surface area (Å²) in [4.78, 5) is 0. The highest BCUT2D eigenvalue weighted by atomic mass is 19.2. The van der Waals surface area contributed by atoms with Gasteiger partial charge in [-0.05, 0) is 73.9 Å². The number of hydrogen-bond donors (Lipinski definition) is 0. The first-order chi connectivity index (χ1) is 18.2. The van der Waals surface area contributed by atoms with Gasteiger partial charge in [0, 0.05) is 16.7 Å². The van der Waals surface area contributed by atoms with Crippen molar-refractivity contribution >= 4 is 5.57 Å². The first kappa shape index (κ1) is 27.6. The molecule has 4 rings (SSSR count). The standard InChI is InChI=1S/C30H28F6O2/c1-3-4-15-37-23-13-11-21(27(33)29(23)35)22-12-14-24(30(36)28(22)34)38-16-18-6-8-19(9-7-18)20-10-5-17(2)25(31)26(20)32/h5,8,10-14,18H,3-4,6-7,9,15-16H2,1-2H3. The smallest absolute Gasteiger partial charge is 0.201 e. The van der Waals surface area contributed by atoms with Gasteiger partial charge in [0.05, 0.1) is 13.2 Å². The third-order valence-electron chi connectivity index (χ3n) is 6.75. The van der Waals surface area contributed by atoms with Crippen LogP contribution in [0.15, 0.2) is 42.5 Å². The maximum Gasteiger partial charge on any atom is 0.201 e. The fourth-order valence-corrected chi connectivity index (χ4v) is 4.42. The van der Waals surface area contributed by atoms with E-state index in [4.69, 9.17) is 9.47 Å². The summed E-state index contributed by atoms with van der Waals surface area (Å²) in [6, 6.07) is 7.72. The summed E-state index contributed by atoms with van der Waals surface area (Å²) in [6.45, 7) is 3.69. The molecule has 0 spiro atoms. The van der Waals surface area contributed by atoms with E-state index in [-0.39, 0.29) is 41.8 Å². The van der Waals surface area contributed by atoms with Gasteiger partial charge in [0.25, 0.3) is 0 Å². The molecule has 0 saturated heterocycles. The maximum absolute atomic E-state index is 14.9. The Balaban J connectivity index is 1.43. The highest BCUT2D eigenvalue weighted by molar-refractivity contribution is 5.68. The van der Waals surface area contributed by atoms with Crippen LogP contribution in [-0.2, 0) is 0 Å². The molecular formula is C30H28F6O2. The molecule has 0 bridgehead atoms. The van der Waals surface area contributed by atoms with E-state index in [0.717, 1.165) is 18.6 Å². The number of hydrogen-bond acceptors (Lipinski definition) is 2. The monoisotopic (exact) mass is 534 g/mol. The van der Waals surface area contributed by atoms with Crippen LogP contribution in [0.25, 0.3) is 16.7 Å². The lowest BCUT2D eigenvalue weighted by Crippen LogP contribution is -2.16. The second kappa shape index (κ2) is 12.0. The van der Waals surface area contributed by atoms with Crippen molar-refractivity contribution in [2.75, 3.05) is 13.2 Å². The van der Waals surface area contributed by atoms with Crippen LogP contribution in [0.3, 0.4) is 0 Å². The Bertz CT molecular complexity index is 1350. The topological polar surface area (TPSA) is 18.5 Å². The molecule has 0 radical (unpaired) electrons. The lowest BCUT2D eigenvalue weighted by atomic mass is 9.86. The predicted octanol–water partition coefficient (Wildman–Crippen LogP) is 8.94. The largest absolute Gasteiger partial charge is 0.490 e. The van der Waals surface area contributed by atoms with E-state index in [2.05, 4.69) is 0 Å². The summed E-state index contributed by atoms with van der Waals surface area (Å²) < 4.78 is 97.7. The van der Waals surface area contributed by atoms with E-state index >= 15 is 0 Å². The van der Waals surface area contributed by atoms with Crippen molar-refractivity contribution in [2.45, 2.75) is 46.0 Å². The van der Waals surface area contributed by atoms with E-state index in [0.29, 0.717) is 31.3 Å². The van der Waals surface area contributed by atoms with Gasteiger partial charge in [0.15, 0.2) is 34.8 Å². The van der Waals surface area contributed by atoms with Gasteiger partial charge in [-0.25, -0.2) is 17.6 Å². The fraction of sp³-hybridized carbons (Fsp3) is 0.333. The number of ether oxygens (including phenoxy) is 2. The Morgan fingerprint density at radius 2 is 1.29 bits per heavy atom. The lowest BCUT2D eigenvalue weighted by Gasteiger charge is -2.23. The molecule has 0 amide bonds. The van der Waals surface area contributed by atoms with Crippen molar-refractivity contribution in [3.63, 3.8) is 0 Å². The molecule has 1 aliphatic rings. The summed E-state index contributed by atoms with van der Waals surface area (Å²) in [5.74, 6) is -7.71. The highest BCUT2D eigenvalue weighted by Crippen LogP contribution is 2.36. The number of benzene rings is 3. The molecule has 202 valence electrons. The second-order valence-corrected chi connectivity index (χ2v) is 9.42. The van der Waals surface area contributed by atoms with E-state index in [1.165, 1.54) is 25.1 Å². The Morgan fingerprint density at radius 3 is 1.87 bits per heavy atom. The zero-order chi connectivity index (χ0) is 27.4. The molecule has 0 heterocycles. The van der Waals surface area contributed by atoms with Crippen molar-refractivity contribution in [1.29, 1.82) is 0 Å². The average Bonchev–Trinajstić information content (AvgIpc) is 2.92. The fourth-order valence-electron chi connectivity index (χ4n) is 4.42. The Labute approximate surface area is 217 Å². The third-order valence-corrected chi connectivity index (χ3v) is 6.75.